The lowest BCUT2D eigenvalue weighted by Crippen LogP contribution is -2.44. The van der Waals surface area contributed by atoms with E-state index in [4.69, 9.17) is 9.47 Å². The van der Waals surface area contributed by atoms with Gasteiger partial charge in [-0.3, -0.25) is 0 Å². The fourth-order valence-corrected chi connectivity index (χ4v) is 2.37. The van der Waals surface area contributed by atoms with Gasteiger partial charge in [0.2, 0.25) is 6.08 Å². The van der Waals surface area contributed by atoms with Gasteiger partial charge in [0.25, 0.3) is 0 Å². The highest BCUT2D eigenvalue weighted by Crippen LogP contribution is 2.26. The summed E-state index contributed by atoms with van der Waals surface area (Å²) in [5, 5.41) is 0. The molecule has 0 aliphatic carbocycles. The lowest BCUT2D eigenvalue weighted by atomic mass is 10.1. The fourth-order valence-electron chi connectivity index (χ4n) is 2.37. The minimum Gasteiger partial charge on any atom is -0.487 e. The Morgan fingerprint density at radius 2 is 2.00 bits per heavy atom. The molecule has 1 aromatic carbocycles. The van der Waals surface area contributed by atoms with Gasteiger partial charge in [0.15, 0.2) is 11.6 Å². The zero-order valence-electron chi connectivity index (χ0n) is 14.0. The van der Waals surface area contributed by atoms with Gasteiger partial charge in [0, 0.05) is 32.0 Å². The van der Waals surface area contributed by atoms with Crippen LogP contribution in [-0.4, -0.2) is 41.9 Å². The Bertz CT molecular complexity index is 642. The smallest absolute Gasteiger partial charge is 0.410 e. The molecule has 0 radical (unpaired) electrons. The van der Waals surface area contributed by atoms with E-state index >= 15 is 0 Å². The molecule has 0 saturated carbocycles. The van der Waals surface area contributed by atoms with E-state index in [-0.39, 0.29) is 23.6 Å². The van der Waals surface area contributed by atoms with Crippen LogP contribution in [0.2, 0.25) is 0 Å². The molecule has 1 heterocycles. The van der Waals surface area contributed by atoms with Crippen LogP contribution < -0.4 is 4.74 Å². The van der Waals surface area contributed by atoms with Gasteiger partial charge in [0.05, 0.1) is 5.69 Å². The van der Waals surface area contributed by atoms with Crippen molar-refractivity contribution in [3.8, 4) is 5.75 Å². The summed E-state index contributed by atoms with van der Waals surface area (Å²) >= 11 is 0. The molecule has 0 N–H and O–H groups in total. The number of benzene rings is 1. The highest BCUT2D eigenvalue weighted by Gasteiger charge is 2.28. The summed E-state index contributed by atoms with van der Waals surface area (Å²) in [6.45, 7) is 6.45. The van der Waals surface area contributed by atoms with E-state index in [1.165, 1.54) is 18.2 Å². The molecule has 7 heteroatoms. The Balaban J connectivity index is 1.89. The topological polar surface area (TPSA) is 68.2 Å². The number of rotatable bonds is 3. The lowest BCUT2D eigenvalue weighted by Gasteiger charge is -2.33. The first kappa shape index (κ1) is 17.9. The van der Waals surface area contributed by atoms with Crippen molar-refractivity contribution in [3.05, 3.63) is 24.0 Å². The van der Waals surface area contributed by atoms with Crippen LogP contribution in [0.1, 0.15) is 33.6 Å². The summed E-state index contributed by atoms with van der Waals surface area (Å²) in [6.07, 6.45) is 2.02. The van der Waals surface area contributed by atoms with Gasteiger partial charge in [-0.05, 0) is 32.9 Å². The van der Waals surface area contributed by atoms with Crippen molar-refractivity contribution >= 4 is 17.9 Å². The third kappa shape index (κ3) is 5.06. The molecule has 1 aliphatic rings. The summed E-state index contributed by atoms with van der Waals surface area (Å²) in [5.74, 6) is -0.475. The maximum Gasteiger partial charge on any atom is 0.410 e. The zero-order chi connectivity index (χ0) is 17.7. The van der Waals surface area contributed by atoms with Gasteiger partial charge >= 0.3 is 6.09 Å². The first-order valence-corrected chi connectivity index (χ1v) is 7.80. The van der Waals surface area contributed by atoms with Crippen LogP contribution in [-0.2, 0) is 9.53 Å². The van der Waals surface area contributed by atoms with Gasteiger partial charge < -0.3 is 14.4 Å². The summed E-state index contributed by atoms with van der Waals surface area (Å²) in [7, 11) is 0. The monoisotopic (exact) mass is 336 g/mol. The number of amides is 1. The van der Waals surface area contributed by atoms with E-state index in [0.717, 1.165) is 6.07 Å². The molecule has 1 amide bonds. The minimum atomic E-state index is -0.582. The van der Waals surface area contributed by atoms with Crippen LogP contribution in [0, 0.1) is 5.82 Å². The Morgan fingerprint density at radius 1 is 1.33 bits per heavy atom. The predicted octanol–water partition coefficient (Wildman–Crippen LogP) is 3.57. The van der Waals surface area contributed by atoms with Gasteiger partial charge in [-0.25, -0.2) is 14.0 Å². The molecular weight excluding hydrogens is 315 g/mol. The van der Waals surface area contributed by atoms with Crippen molar-refractivity contribution < 1.29 is 23.5 Å². The second-order valence-electron chi connectivity index (χ2n) is 6.60. The van der Waals surface area contributed by atoms with E-state index in [2.05, 4.69) is 4.99 Å². The first-order valence-electron chi connectivity index (χ1n) is 7.80. The highest BCUT2D eigenvalue weighted by molar-refractivity contribution is 5.68. The molecule has 1 aliphatic heterocycles. The SMILES string of the molecule is CC(C)(C)OC(=O)N1CCC(Oc2ccc(N=C=O)cc2F)CC1. The quantitative estimate of drug-likeness (QED) is 0.625. The first-order chi connectivity index (χ1) is 11.3. The van der Waals surface area contributed by atoms with Gasteiger partial charge in [0.1, 0.15) is 11.7 Å². The van der Waals surface area contributed by atoms with E-state index < -0.39 is 11.4 Å². The molecule has 0 spiro atoms. The zero-order valence-corrected chi connectivity index (χ0v) is 14.0. The van der Waals surface area contributed by atoms with Crippen LogP contribution in [0.5, 0.6) is 5.75 Å². The number of likely N-dealkylation sites (tertiary alicyclic amines) is 1. The molecule has 1 aromatic rings. The van der Waals surface area contributed by atoms with Crippen LogP contribution in [0.15, 0.2) is 23.2 Å². The number of hydrogen-bond acceptors (Lipinski definition) is 5. The molecule has 0 aromatic heterocycles. The number of halogens is 1. The Morgan fingerprint density at radius 3 is 2.54 bits per heavy atom. The number of isocyanates is 1. The number of ether oxygens (including phenoxy) is 2. The van der Waals surface area contributed by atoms with Crippen molar-refractivity contribution in [2.45, 2.75) is 45.3 Å². The number of nitrogens with zero attached hydrogens (tertiary/aromatic N) is 2. The predicted molar refractivity (Wildman–Crippen MR) is 85.6 cm³/mol. The van der Waals surface area contributed by atoms with Crippen molar-refractivity contribution in [1.29, 1.82) is 0 Å². The van der Waals surface area contributed by atoms with Crippen LogP contribution >= 0.6 is 0 Å². The lowest BCUT2D eigenvalue weighted by molar-refractivity contribution is 0.0123. The Kier molecular flexibility index (Phi) is 5.57. The molecule has 0 bridgehead atoms. The molecular formula is C17H21FN2O4. The molecule has 1 fully saturated rings. The summed E-state index contributed by atoms with van der Waals surface area (Å²) < 4.78 is 24.9. The number of piperidine rings is 1. The van der Waals surface area contributed by atoms with E-state index in [9.17, 15) is 14.0 Å². The van der Waals surface area contributed by atoms with Crippen LogP contribution in [0.3, 0.4) is 0 Å². The van der Waals surface area contributed by atoms with Crippen molar-refractivity contribution in [2.24, 2.45) is 4.99 Å². The van der Waals surface area contributed by atoms with Crippen molar-refractivity contribution in [2.75, 3.05) is 13.1 Å². The second kappa shape index (κ2) is 7.45. The van der Waals surface area contributed by atoms with Gasteiger partial charge in [-0.1, -0.05) is 0 Å². The molecule has 6 nitrogen and oxygen atoms in total. The maximum atomic E-state index is 13.9. The standard InChI is InChI=1S/C17H21FN2O4/c1-17(2,3)24-16(22)20-8-6-13(7-9-20)23-15-5-4-12(19-11-21)10-14(15)18/h4-5,10,13H,6-9H2,1-3H3. The van der Waals surface area contributed by atoms with Crippen LogP contribution in [0.4, 0.5) is 14.9 Å². The second-order valence-corrected chi connectivity index (χ2v) is 6.60. The third-order valence-corrected chi connectivity index (χ3v) is 3.48. The number of hydrogen-bond donors (Lipinski definition) is 0. The summed E-state index contributed by atoms with van der Waals surface area (Å²) in [5.41, 5.74) is -0.339. The molecule has 130 valence electrons. The highest BCUT2D eigenvalue weighted by atomic mass is 19.1. The average molecular weight is 336 g/mol. The van der Waals surface area contributed by atoms with Gasteiger partial charge in [-0.15, -0.1) is 0 Å². The molecule has 24 heavy (non-hydrogen) atoms. The van der Waals surface area contributed by atoms with Gasteiger partial charge in [-0.2, -0.15) is 4.99 Å². The maximum absolute atomic E-state index is 13.9. The Labute approximate surface area is 140 Å². The number of carbonyl (C=O) groups excluding carboxylic acids is 2. The summed E-state index contributed by atoms with van der Waals surface area (Å²) in [6, 6.07) is 4.04. The Hall–Kier alpha value is -2.40. The normalized spacial score (nSPS) is 15.6. The van der Waals surface area contributed by atoms with E-state index in [0.29, 0.717) is 25.9 Å². The number of aliphatic imine (C=N–C) groups is 1. The largest absolute Gasteiger partial charge is 0.487 e. The average Bonchev–Trinajstić information content (AvgIpc) is 2.49. The molecule has 0 atom stereocenters. The van der Waals surface area contributed by atoms with Crippen molar-refractivity contribution in [3.63, 3.8) is 0 Å². The van der Waals surface area contributed by atoms with Crippen LogP contribution in [0.25, 0.3) is 0 Å². The molecule has 1 saturated heterocycles. The van der Waals surface area contributed by atoms with E-state index in [1.807, 2.05) is 20.8 Å². The molecule has 2 rings (SSSR count). The molecule has 0 unspecified atom stereocenters. The minimum absolute atomic E-state index is 0.107. The van der Waals surface area contributed by atoms with Crippen molar-refractivity contribution in [1.82, 2.24) is 4.90 Å². The fraction of sp³-hybridized carbons (Fsp3) is 0.529. The third-order valence-electron chi connectivity index (χ3n) is 3.48. The van der Waals surface area contributed by atoms with E-state index in [1.54, 1.807) is 4.90 Å². The summed E-state index contributed by atoms with van der Waals surface area (Å²) in [4.78, 5) is 27.1. The number of carbonyl (C=O) groups is 1.